The number of alkyl halides is 3. The maximum absolute atomic E-state index is 10.7. The first-order chi connectivity index (χ1) is 7.59. The van der Waals surface area contributed by atoms with Gasteiger partial charge in [0.05, 0.1) is 26.7 Å². The van der Waals surface area contributed by atoms with Gasteiger partial charge in [0.25, 0.3) is 0 Å². The van der Waals surface area contributed by atoms with Crippen molar-refractivity contribution in [2.75, 3.05) is 21.1 Å². The summed E-state index contributed by atoms with van der Waals surface area (Å²) in [6.45, 7) is 6.56. The Morgan fingerprint density at radius 1 is 1.17 bits per heavy atom. The Kier molecular flexibility index (Phi) is 6.90. The van der Waals surface area contributed by atoms with Gasteiger partial charge >= 0.3 is 5.51 Å². The first kappa shape index (κ1) is 19.5. The number of halogens is 3. The van der Waals surface area contributed by atoms with E-state index in [2.05, 4.69) is 39.1 Å². The molecule has 0 bridgehead atoms. The molecule has 0 unspecified atom stereocenters. The summed E-state index contributed by atoms with van der Waals surface area (Å²) in [4.78, 5) is 2.19. The van der Waals surface area contributed by atoms with Crippen molar-refractivity contribution in [3.05, 3.63) is 0 Å². The molecule has 0 N–H and O–H groups in total. The van der Waals surface area contributed by atoms with Crippen LogP contribution in [-0.2, 0) is 10.1 Å². The van der Waals surface area contributed by atoms with Crippen LogP contribution < -0.4 is 0 Å². The maximum Gasteiger partial charge on any atom is 0.485 e. The Morgan fingerprint density at radius 2 is 1.44 bits per heavy atom. The van der Waals surface area contributed by atoms with Crippen molar-refractivity contribution in [2.24, 2.45) is 0 Å². The fraction of sp³-hybridized carbons (Fsp3) is 0.889. The minimum absolute atomic E-state index is 0.226. The largest absolute Gasteiger partial charge is 0.741 e. The van der Waals surface area contributed by atoms with Crippen LogP contribution in [0, 0.1) is 0 Å². The average molecular weight is 292 g/mol. The summed E-state index contributed by atoms with van der Waals surface area (Å²) >= 11 is 0. The van der Waals surface area contributed by atoms with Crippen LogP contribution in [0.5, 0.6) is 0 Å². The molecule has 110 valence electrons. The van der Waals surface area contributed by atoms with Gasteiger partial charge in [-0.15, -0.1) is 0 Å². The van der Waals surface area contributed by atoms with Crippen molar-refractivity contribution in [3.8, 4) is 0 Å². The van der Waals surface area contributed by atoms with E-state index >= 15 is 0 Å². The number of hydrogen-bond donors (Lipinski definition) is 0. The van der Waals surface area contributed by atoms with E-state index < -0.39 is 15.6 Å². The quantitative estimate of drug-likeness (QED) is 0.238. The van der Waals surface area contributed by atoms with Crippen molar-refractivity contribution in [2.45, 2.75) is 31.8 Å². The van der Waals surface area contributed by atoms with Crippen LogP contribution in [0.15, 0.2) is 0 Å². The summed E-state index contributed by atoms with van der Waals surface area (Å²) < 4.78 is 60.9. The van der Waals surface area contributed by atoms with E-state index in [9.17, 15) is 13.2 Å². The van der Waals surface area contributed by atoms with E-state index in [4.69, 9.17) is 13.0 Å². The minimum Gasteiger partial charge on any atom is -0.741 e. The zero-order valence-electron chi connectivity index (χ0n) is 11.2. The molecule has 5 nitrogen and oxygen atoms in total. The van der Waals surface area contributed by atoms with Crippen LogP contribution in [0.3, 0.4) is 0 Å². The molecular formula is C9H19F3N2O3S. The first-order valence-corrected chi connectivity index (χ1v) is 6.26. The normalized spacial score (nSPS) is 12.3. The van der Waals surface area contributed by atoms with Crippen LogP contribution in [-0.4, -0.2) is 61.0 Å². The lowest BCUT2D eigenvalue weighted by atomic mass is 10.1. The molecule has 0 radical (unpaired) electrons. The molecule has 0 saturated heterocycles. The summed E-state index contributed by atoms with van der Waals surface area (Å²) in [5, 5.41) is 0. The van der Waals surface area contributed by atoms with Gasteiger partial charge < -0.3 is 4.55 Å². The molecule has 0 aliphatic rings. The molecule has 0 aromatic carbocycles. The van der Waals surface area contributed by atoms with Gasteiger partial charge in [0.2, 0.25) is 6.34 Å². The molecule has 0 atom stereocenters. The van der Waals surface area contributed by atoms with Gasteiger partial charge in [-0.1, -0.05) is 0 Å². The first-order valence-electron chi connectivity index (χ1n) is 4.85. The molecule has 18 heavy (non-hydrogen) atoms. The minimum atomic E-state index is -6.09. The third-order valence-electron chi connectivity index (χ3n) is 1.75. The molecule has 0 aromatic rings. The van der Waals surface area contributed by atoms with E-state index in [1.54, 1.807) is 0 Å². The molecule has 0 heterocycles. The lowest BCUT2D eigenvalue weighted by molar-refractivity contribution is -0.464. The highest BCUT2D eigenvalue weighted by Gasteiger charge is 2.36. The predicted octanol–water partition coefficient (Wildman–Crippen LogP) is 1.07. The van der Waals surface area contributed by atoms with Gasteiger partial charge in [-0.25, -0.2) is 8.42 Å². The van der Waals surface area contributed by atoms with Crippen molar-refractivity contribution < 1.29 is 30.7 Å². The molecule has 0 rings (SSSR count). The molecule has 9 heteroatoms. The highest BCUT2D eigenvalue weighted by Crippen LogP contribution is 2.20. The summed E-state index contributed by atoms with van der Waals surface area (Å²) in [6.07, 6.45) is 2.08. The average Bonchev–Trinajstić information content (AvgIpc) is 1.97. The molecule has 0 aromatic heterocycles. The van der Waals surface area contributed by atoms with Gasteiger partial charge in [-0.2, -0.15) is 13.2 Å². The topological polar surface area (TPSA) is 63.5 Å². The van der Waals surface area contributed by atoms with Gasteiger partial charge in [0.15, 0.2) is 10.1 Å². The van der Waals surface area contributed by atoms with E-state index in [0.717, 1.165) is 0 Å². The molecular weight excluding hydrogens is 273 g/mol. The van der Waals surface area contributed by atoms with Crippen LogP contribution in [0.2, 0.25) is 0 Å². The molecule has 0 aliphatic carbocycles. The smallest absolute Gasteiger partial charge is 0.485 e. The zero-order chi connectivity index (χ0) is 15.4. The molecule has 0 amide bonds. The summed E-state index contributed by atoms with van der Waals surface area (Å²) in [6, 6.07) is 0. The van der Waals surface area contributed by atoms with Gasteiger partial charge in [-0.3, -0.25) is 9.48 Å². The lowest BCUT2D eigenvalue weighted by Crippen LogP contribution is -2.38. The van der Waals surface area contributed by atoms with Crippen molar-refractivity contribution in [3.63, 3.8) is 0 Å². The second-order valence-electron chi connectivity index (χ2n) is 4.76. The van der Waals surface area contributed by atoms with E-state index in [-0.39, 0.29) is 5.54 Å². The van der Waals surface area contributed by atoms with Crippen LogP contribution in [0.1, 0.15) is 20.8 Å². The number of rotatable bonds is 1. The Hall–Kier alpha value is -0.830. The SMILES string of the molecule is CN(C=[N+](C)C)C(C)(C)C.O=S(=O)([O-])C(F)(F)F. The lowest BCUT2D eigenvalue weighted by Gasteiger charge is -2.23. The van der Waals surface area contributed by atoms with Crippen molar-refractivity contribution >= 4 is 16.5 Å². The standard InChI is InChI=1S/C8H19N2.CHF3O3S/c1-8(2,3)10(6)7-9(4)5;2-1(3,4)8(5,6)7/h7H,1-6H3;(H,5,6,7)/q+1;/p-1. The monoisotopic (exact) mass is 292 g/mol. The Morgan fingerprint density at radius 3 is 1.50 bits per heavy atom. The summed E-state index contributed by atoms with van der Waals surface area (Å²) in [7, 11) is 0.0531. The third kappa shape index (κ3) is 9.23. The third-order valence-corrected chi connectivity index (χ3v) is 2.31. The molecule has 0 aliphatic heterocycles. The maximum atomic E-state index is 10.7. The van der Waals surface area contributed by atoms with Gasteiger partial charge in [-0.05, 0) is 20.8 Å². The van der Waals surface area contributed by atoms with E-state index in [0.29, 0.717) is 0 Å². The Labute approximate surface area is 106 Å². The van der Waals surface area contributed by atoms with Crippen LogP contribution in [0.4, 0.5) is 13.2 Å². The van der Waals surface area contributed by atoms with Crippen LogP contribution >= 0.6 is 0 Å². The fourth-order valence-electron chi connectivity index (χ4n) is 0.520. The van der Waals surface area contributed by atoms with E-state index in [1.807, 2.05) is 18.7 Å². The number of hydrogen-bond acceptors (Lipinski definition) is 3. The highest BCUT2D eigenvalue weighted by atomic mass is 32.2. The molecule has 0 saturated carbocycles. The van der Waals surface area contributed by atoms with E-state index in [1.165, 1.54) is 0 Å². The summed E-state index contributed by atoms with van der Waals surface area (Å²) in [5.74, 6) is 0. The Bertz CT molecular complexity index is 379. The second-order valence-corrected chi connectivity index (χ2v) is 6.13. The zero-order valence-corrected chi connectivity index (χ0v) is 12.1. The predicted molar refractivity (Wildman–Crippen MR) is 61.4 cm³/mol. The molecule has 0 fully saturated rings. The number of nitrogens with zero attached hydrogens (tertiary/aromatic N) is 2. The Balaban J connectivity index is 0. The molecule has 0 spiro atoms. The fourth-order valence-corrected chi connectivity index (χ4v) is 0.520. The second kappa shape index (κ2) is 6.37. The van der Waals surface area contributed by atoms with Crippen molar-refractivity contribution in [1.82, 2.24) is 4.90 Å². The highest BCUT2D eigenvalue weighted by molar-refractivity contribution is 7.86. The van der Waals surface area contributed by atoms with Gasteiger partial charge in [0.1, 0.15) is 0 Å². The van der Waals surface area contributed by atoms with Gasteiger partial charge in [0, 0.05) is 0 Å². The van der Waals surface area contributed by atoms with Crippen LogP contribution in [0.25, 0.3) is 0 Å². The van der Waals surface area contributed by atoms with Crippen molar-refractivity contribution in [1.29, 1.82) is 0 Å². The summed E-state index contributed by atoms with van der Waals surface area (Å²) in [5.41, 5.74) is -5.42.